The molecule has 1 atom stereocenters. The molecule has 3 nitrogen and oxygen atoms in total. The Hall–Kier alpha value is 0.590. The van der Waals surface area contributed by atoms with Crippen LogP contribution in [0.1, 0.15) is 13.8 Å². The molecule has 11 heavy (non-hydrogen) atoms. The molecule has 0 saturated heterocycles. The van der Waals surface area contributed by atoms with Gasteiger partial charge in [0.25, 0.3) is 0 Å². The molecule has 0 fully saturated rings. The average Bonchev–Trinajstić information content (AvgIpc) is 1.80. The molecular weight excluding hydrogens is 199 g/mol. The highest BCUT2D eigenvalue weighted by atomic mass is 32.9. The summed E-state index contributed by atoms with van der Waals surface area (Å²) >= 11 is 6.14. The molecule has 0 aliphatic carbocycles. The number of carbonyl (C=O) groups is 1. The fraction of sp³-hybridized carbons (Fsp3) is 0.800. The summed E-state index contributed by atoms with van der Waals surface area (Å²) in [7, 11) is 0. The van der Waals surface area contributed by atoms with Crippen molar-refractivity contribution >= 4 is 34.5 Å². The van der Waals surface area contributed by atoms with Gasteiger partial charge in [-0.05, 0) is 6.92 Å². The lowest BCUT2D eigenvalue weighted by Crippen LogP contribution is -2.11. The summed E-state index contributed by atoms with van der Waals surface area (Å²) in [6.07, 6.45) is 0. The van der Waals surface area contributed by atoms with Crippen molar-refractivity contribution in [3.63, 3.8) is 0 Å². The normalized spacial score (nSPS) is 14.5. The Balaban J connectivity index is 3.72. The highest BCUT2D eigenvalue weighted by Crippen LogP contribution is 2.43. The monoisotopic (exact) mass is 212 g/mol. The van der Waals surface area contributed by atoms with E-state index in [9.17, 15) is 4.79 Å². The Morgan fingerprint density at radius 1 is 1.73 bits per heavy atom. The number of carbonyl (C=O) groups excluding carboxylic acids is 1. The molecule has 0 aliphatic rings. The number of rotatable bonds is 4. The lowest BCUT2D eigenvalue weighted by atomic mass is 10.1. The van der Waals surface area contributed by atoms with Gasteiger partial charge in [-0.2, -0.15) is 0 Å². The van der Waals surface area contributed by atoms with Crippen molar-refractivity contribution in [2.75, 3.05) is 5.75 Å². The van der Waals surface area contributed by atoms with Gasteiger partial charge in [0, 0.05) is 11.7 Å². The molecule has 0 bridgehead atoms. The zero-order valence-electron chi connectivity index (χ0n) is 6.61. The van der Waals surface area contributed by atoms with Crippen LogP contribution in [-0.4, -0.2) is 11.5 Å². The minimum Gasteiger partial charge on any atom is -0.300 e. The van der Waals surface area contributed by atoms with Crippen LogP contribution in [0.15, 0.2) is 0 Å². The first kappa shape index (κ1) is 11.6. The van der Waals surface area contributed by atoms with Crippen molar-refractivity contribution in [3.05, 3.63) is 0 Å². The molecular formula is C5H13N2OPS2. The van der Waals surface area contributed by atoms with Gasteiger partial charge in [-0.15, -0.1) is 0 Å². The van der Waals surface area contributed by atoms with E-state index in [1.165, 1.54) is 11.4 Å². The first-order chi connectivity index (χ1) is 4.83. The first-order valence-electron chi connectivity index (χ1n) is 3.15. The average molecular weight is 212 g/mol. The fourth-order valence-electron chi connectivity index (χ4n) is 0.346. The molecule has 0 aromatic heterocycles. The number of Topliss-reactive ketones (excluding diaryl/α,β-unsaturated/α-hetero) is 1. The summed E-state index contributed by atoms with van der Waals surface area (Å²) in [5.74, 6) is 0.801. The molecule has 66 valence electrons. The number of nitrogens with two attached hydrogens (primary N) is 2. The minimum atomic E-state index is -2.16. The summed E-state index contributed by atoms with van der Waals surface area (Å²) in [6, 6.07) is 0. The smallest absolute Gasteiger partial charge is 0.133 e. The summed E-state index contributed by atoms with van der Waals surface area (Å²) < 4.78 is 0. The van der Waals surface area contributed by atoms with Gasteiger partial charge in [0.15, 0.2) is 0 Å². The van der Waals surface area contributed by atoms with Crippen LogP contribution in [0.2, 0.25) is 0 Å². The van der Waals surface area contributed by atoms with Crippen LogP contribution in [0.3, 0.4) is 0 Å². The van der Waals surface area contributed by atoms with E-state index in [0.29, 0.717) is 5.75 Å². The second-order valence-electron chi connectivity index (χ2n) is 2.45. The Kier molecular flexibility index (Phi) is 4.82. The van der Waals surface area contributed by atoms with Gasteiger partial charge in [-0.3, -0.25) is 15.8 Å². The van der Waals surface area contributed by atoms with Gasteiger partial charge in [-0.1, -0.05) is 30.1 Å². The van der Waals surface area contributed by atoms with Crippen LogP contribution in [-0.2, 0) is 16.6 Å². The van der Waals surface area contributed by atoms with Crippen LogP contribution < -0.4 is 11.0 Å². The molecule has 0 aromatic rings. The van der Waals surface area contributed by atoms with Crippen molar-refractivity contribution in [1.82, 2.24) is 0 Å². The third-order valence-corrected chi connectivity index (χ3v) is 4.88. The van der Waals surface area contributed by atoms with Crippen molar-refractivity contribution in [1.29, 1.82) is 0 Å². The topological polar surface area (TPSA) is 69.1 Å². The molecule has 0 radical (unpaired) electrons. The fourth-order valence-corrected chi connectivity index (χ4v) is 2.95. The van der Waals surface area contributed by atoms with E-state index in [1.807, 2.05) is 6.92 Å². The highest BCUT2D eigenvalue weighted by molar-refractivity contribution is 8.69. The Bertz CT molecular complexity index is 191. The summed E-state index contributed by atoms with van der Waals surface area (Å²) in [6.45, 7) is 3.40. The maximum absolute atomic E-state index is 10.7. The quantitative estimate of drug-likeness (QED) is 0.683. The van der Waals surface area contributed by atoms with E-state index in [0.717, 1.165) is 0 Å². The lowest BCUT2D eigenvalue weighted by Gasteiger charge is -2.11. The van der Waals surface area contributed by atoms with E-state index >= 15 is 0 Å². The molecule has 4 N–H and O–H groups in total. The van der Waals surface area contributed by atoms with Crippen molar-refractivity contribution in [2.24, 2.45) is 16.9 Å². The molecule has 0 aliphatic heterocycles. The van der Waals surface area contributed by atoms with E-state index in [-0.39, 0.29) is 11.7 Å². The number of ketones is 1. The summed E-state index contributed by atoms with van der Waals surface area (Å²) in [5.41, 5.74) is 8.72. The lowest BCUT2D eigenvalue weighted by molar-refractivity contribution is -0.119. The first-order valence-corrected chi connectivity index (χ1v) is 7.68. The van der Waals surface area contributed by atoms with E-state index in [2.05, 4.69) is 0 Å². The molecule has 0 aromatic carbocycles. The van der Waals surface area contributed by atoms with Crippen LogP contribution in [0, 0.1) is 5.92 Å². The molecule has 0 spiro atoms. The molecule has 6 heteroatoms. The predicted molar refractivity (Wildman–Crippen MR) is 55.0 cm³/mol. The molecule has 1 unspecified atom stereocenters. The van der Waals surface area contributed by atoms with Gasteiger partial charge < -0.3 is 0 Å². The molecule has 0 heterocycles. The summed E-state index contributed by atoms with van der Waals surface area (Å²) in [4.78, 5) is 10.7. The number of hydrogen-bond donors (Lipinski definition) is 2. The second-order valence-corrected chi connectivity index (χ2v) is 9.43. The molecule has 0 rings (SSSR count). The largest absolute Gasteiger partial charge is 0.300 e. The van der Waals surface area contributed by atoms with Crippen molar-refractivity contribution in [3.8, 4) is 0 Å². The maximum Gasteiger partial charge on any atom is 0.133 e. The van der Waals surface area contributed by atoms with Crippen LogP contribution in [0.5, 0.6) is 0 Å². The van der Waals surface area contributed by atoms with Gasteiger partial charge in [0.05, 0.1) is 0 Å². The second kappa shape index (κ2) is 4.58. The van der Waals surface area contributed by atoms with Crippen molar-refractivity contribution in [2.45, 2.75) is 13.8 Å². The van der Waals surface area contributed by atoms with Crippen LogP contribution >= 0.6 is 16.9 Å². The van der Waals surface area contributed by atoms with Crippen LogP contribution in [0.25, 0.3) is 0 Å². The molecule has 0 amide bonds. The highest BCUT2D eigenvalue weighted by Gasteiger charge is 2.11. The summed E-state index contributed by atoms with van der Waals surface area (Å²) in [5, 5.41) is 0. The van der Waals surface area contributed by atoms with Gasteiger partial charge in [0.2, 0.25) is 0 Å². The zero-order valence-corrected chi connectivity index (χ0v) is 9.14. The Morgan fingerprint density at radius 2 is 2.18 bits per heavy atom. The Labute approximate surface area is 76.1 Å². The van der Waals surface area contributed by atoms with Crippen molar-refractivity contribution < 1.29 is 4.79 Å². The van der Waals surface area contributed by atoms with Gasteiger partial charge in [0.1, 0.15) is 11.3 Å². The zero-order chi connectivity index (χ0) is 9.07. The van der Waals surface area contributed by atoms with E-state index in [4.69, 9.17) is 22.8 Å². The third kappa shape index (κ3) is 6.97. The van der Waals surface area contributed by atoms with Crippen LogP contribution in [0.4, 0.5) is 0 Å². The Morgan fingerprint density at radius 3 is 2.45 bits per heavy atom. The standard InChI is InChI=1S/C5H13N2OPS2/c1-4(5(2)8)3-11-9(6,7)10/h4H,3H2,1-2H3,(H4,6,7,10). The van der Waals surface area contributed by atoms with E-state index < -0.39 is 5.54 Å². The minimum absolute atomic E-state index is 0.00873. The maximum atomic E-state index is 10.7. The predicted octanol–water partition coefficient (Wildman–Crippen LogP) is 1.09. The SMILES string of the molecule is CC(=O)C(C)CSP(N)(N)=S. The molecule has 0 saturated carbocycles. The van der Waals surface area contributed by atoms with E-state index in [1.54, 1.807) is 6.92 Å². The van der Waals surface area contributed by atoms with Gasteiger partial charge >= 0.3 is 0 Å². The number of hydrogen-bond acceptors (Lipinski definition) is 3. The van der Waals surface area contributed by atoms with Gasteiger partial charge in [-0.25, -0.2) is 0 Å². The third-order valence-electron chi connectivity index (χ3n) is 1.22.